The quantitative estimate of drug-likeness (QED) is 0.643. The monoisotopic (exact) mass is 482 g/mol. The van der Waals surface area contributed by atoms with Crippen LogP contribution in [0.15, 0.2) is 24.7 Å². The third-order valence-electron chi connectivity index (χ3n) is 6.47. The number of hydrogen-bond acceptors (Lipinski definition) is 4. The summed E-state index contributed by atoms with van der Waals surface area (Å²) in [5.74, 6) is -0.972. The molecule has 0 bridgehead atoms. The Morgan fingerprint density at radius 3 is 2.55 bits per heavy atom. The number of hydrogen-bond donors (Lipinski definition) is 0. The van der Waals surface area contributed by atoms with Gasteiger partial charge in [-0.15, -0.1) is 0 Å². The summed E-state index contributed by atoms with van der Waals surface area (Å²) in [6.45, 7) is 0.252. The fourth-order valence-electron chi connectivity index (χ4n) is 4.80. The third kappa shape index (κ3) is 3.99. The average molecular weight is 483 g/mol. The predicted octanol–water partition coefficient (Wildman–Crippen LogP) is 4.56. The Morgan fingerprint density at radius 2 is 1.91 bits per heavy atom. The van der Waals surface area contributed by atoms with Crippen LogP contribution in [0.4, 0.5) is 13.2 Å². The molecule has 1 saturated carbocycles. The minimum atomic E-state index is -4.70. The minimum absolute atomic E-state index is 0.121. The molecule has 3 aliphatic rings. The number of aromatic nitrogens is 2. The standard InChI is InChI=1S/C22H22ClF3N4O3/c23-19-18(21(32)28-7-8-29(17(31)12-28)14-4-1-2-5-14)27-20-15(22(24,25)26)10-13(11-30(19)20)16-6-3-9-33-16/h7-8,10-11,14,16H,1-6,9,12H2. The van der Waals surface area contributed by atoms with Gasteiger partial charge in [-0.25, -0.2) is 4.98 Å². The molecule has 33 heavy (non-hydrogen) atoms. The molecule has 11 heteroatoms. The molecule has 1 unspecified atom stereocenters. The van der Waals surface area contributed by atoms with Gasteiger partial charge < -0.3 is 14.5 Å². The Kier molecular flexibility index (Phi) is 5.60. The van der Waals surface area contributed by atoms with E-state index in [2.05, 4.69) is 4.98 Å². The van der Waals surface area contributed by atoms with Crippen molar-refractivity contribution in [3.63, 3.8) is 0 Å². The van der Waals surface area contributed by atoms with Crippen molar-refractivity contribution in [2.75, 3.05) is 13.2 Å². The normalized spacial score (nSPS) is 22.2. The Bertz CT molecular complexity index is 1130. The van der Waals surface area contributed by atoms with E-state index in [1.807, 2.05) is 0 Å². The summed E-state index contributed by atoms with van der Waals surface area (Å²) in [6.07, 6.45) is 4.55. The molecule has 1 saturated heterocycles. The lowest BCUT2D eigenvalue weighted by atomic mass is 10.1. The summed E-state index contributed by atoms with van der Waals surface area (Å²) in [5, 5.41) is -0.237. The summed E-state index contributed by atoms with van der Waals surface area (Å²) in [6, 6.07) is 1.13. The van der Waals surface area contributed by atoms with Gasteiger partial charge in [-0.2, -0.15) is 13.2 Å². The van der Waals surface area contributed by atoms with E-state index in [0.29, 0.717) is 18.6 Å². The van der Waals surface area contributed by atoms with Gasteiger partial charge in [0.05, 0.1) is 11.7 Å². The summed E-state index contributed by atoms with van der Waals surface area (Å²) in [7, 11) is 0. The van der Waals surface area contributed by atoms with Gasteiger partial charge in [0.15, 0.2) is 11.3 Å². The van der Waals surface area contributed by atoms with Crippen LogP contribution in [0.3, 0.4) is 0 Å². The molecule has 1 atom stereocenters. The molecule has 4 heterocycles. The second kappa shape index (κ2) is 8.32. The van der Waals surface area contributed by atoms with E-state index in [1.165, 1.54) is 12.4 Å². The zero-order valence-electron chi connectivity index (χ0n) is 17.6. The number of carbonyl (C=O) groups excluding carboxylic acids is 2. The number of amides is 2. The fraction of sp³-hybridized carbons (Fsp3) is 0.500. The summed E-state index contributed by atoms with van der Waals surface area (Å²) in [5.41, 5.74) is -1.46. The highest BCUT2D eigenvalue weighted by Gasteiger charge is 2.38. The van der Waals surface area contributed by atoms with Crippen LogP contribution < -0.4 is 0 Å². The van der Waals surface area contributed by atoms with Crippen molar-refractivity contribution >= 4 is 29.1 Å². The zero-order valence-corrected chi connectivity index (χ0v) is 18.4. The van der Waals surface area contributed by atoms with Gasteiger partial charge >= 0.3 is 6.18 Å². The maximum atomic E-state index is 13.8. The van der Waals surface area contributed by atoms with E-state index in [9.17, 15) is 22.8 Å². The second-order valence-electron chi connectivity index (χ2n) is 8.60. The van der Waals surface area contributed by atoms with Gasteiger partial charge in [0.1, 0.15) is 11.7 Å². The lowest BCUT2D eigenvalue weighted by Gasteiger charge is -2.32. The van der Waals surface area contributed by atoms with Crippen molar-refractivity contribution in [3.8, 4) is 0 Å². The highest BCUT2D eigenvalue weighted by molar-refractivity contribution is 6.33. The van der Waals surface area contributed by atoms with E-state index in [0.717, 1.165) is 47.5 Å². The van der Waals surface area contributed by atoms with Crippen LogP contribution in [0, 0.1) is 0 Å². The SMILES string of the molecule is O=C(c1nc2c(C(F)(F)F)cc(C3CCCO3)cn2c1Cl)N1C=CN(C2CCCC2)C(=O)C1. The first kappa shape index (κ1) is 22.2. The maximum absolute atomic E-state index is 13.8. The van der Waals surface area contributed by atoms with Gasteiger partial charge in [-0.05, 0) is 37.3 Å². The average Bonchev–Trinajstić information content (AvgIpc) is 3.54. The molecule has 7 nitrogen and oxygen atoms in total. The number of halogens is 4. The first-order chi connectivity index (χ1) is 15.7. The van der Waals surface area contributed by atoms with E-state index in [4.69, 9.17) is 16.3 Å². The number of fused-ring (bicyclic) bond motifs is 1. The maximum Gasteiger partial charge on any atom is 0.419 e. The highest BCUT2D eigenvalue weighted by Crippen LogP contribution is 2.38. The Hall–Kier alpha value is -2.59. The van der Waals surface area contributed by atoms with Crippen LogP contribution in [0.2, 0.25) is 5.15 Å². The first-order valence-electron chi connectivity index (χ1n) is 10.9. The largest absolute Gasteiger partial charge is 0.419 e. The Balaban J connectivity index is 1.50. The number of imidazole rings is 1. The molecule has 0 N–H and O–H groups in total. The number of rotatable bonds is 3. The Morgan fingerprint density at radius 1 is 1.15 bits per heavy atom. The lowest BCUT2D eigenvalue weighted by Crippen LogP contribution is -2.46. The van der Waals surface area contributed by atoms with Gasteiger partial charge in [0, 0.05) is 31.2 Å². The molecule has 2 aromatic rings. The zero-order chi connectivity index (χ0) is 23.3. The molecule has 0 radical (unpaired) electrons. The molecule has 0 aromatic carbocycles. The molecule has 1 aliphatic carbocycles. The summed E-state index contributed by atoms with van der Waals surface area (Å²) >= 11 is 6.37. The molecule has 2 aliphatic heterocycles. The van der Waals surface area contributed by atoms with Crippen molar-refractivity contribution in [2.45, 2.75) is 56.8 Å². The molecule has 176 valence electrons. The summed E-state index contributed by atoms with van der Waals surface area (Å²) < 4.78 is 48.1. The number of pyridine rings is 1. The van der Waals surface area contributed by atoms with Crippen molar-refractivity contribution in [1.82, 2.24) is 19.2 Å². The second-order valence-corrected chi connectivity index (χ2v) is 8.96. The molecule has 2 fully saturated rings. The highest BCUT2D eigenvalue weighted by atomic mass is 35.5. The van der Waals surface area contributed by atoms with Crippen LogP contribution in [-0.4, -0.2) is 50.2 Å². The molecular weight excluding hydrogens is 461 g/mol. The van der Waals surface area contributed by atoms with E-state index in [-0.39, 0.29) is 29.3 Å². The van der Waals surface area contributed by atoms with Crippen LogP contribution in [0.25, 0.3) is 5.65 Å². The minimum Gasteiger partial charge on any atom is -0.373 e. The predicted molar refractivity (Wildman–Crippen MR) is 112 cm³/mol. The molecule has 2 amide bonds. The molecule has 0 spiro atoms. The van der Waals surface area contributed by atoms with Crippen LogP contribution >= 0.6 is 11.6 Å². The summed E-state index contributed by atoms with van der Waals surface area (Å²) in [4.78, 5) is 32.5. The lowest BCUT2D eigenvalue weighted by molar-refractivity contribution is -0.136. The van der Waals surface area contributed by atoms with Crippen LogP contribution in [0.5, 0.6) is 0 Å². The molecule has 5 rings (SSSR count). The van der Waals surface area contributed by atoms with Crippen LogP contribution in [0.1, 0.15) is 66.2 Å². The smallest absolute Gasteiger partial charge is 0.373 e. The van der Waals surface area contributed by atoms with Crippen molar-refractivity contribution < 1.29 is 27.5 Å². The van der Waals surface area contributed by atoms with Gasteiger partial charge in [0.25, 0.3) is 5.91 Å². The first-order valence-corrected chi connectivity index (χ1v) is 11.3. The van der Waals surface area contributed by atoms with E-state index < -0.39 is 29.4 Å². The van der Waals surface area contributed by atoms with Crippen molar-refractivity contribution in [2.24, 2.45) is 0 Å². The van der Waals surface area contributed by atoms with E-state index >= 15 is 0 Å². The number of carbonyl (C=O) groups is 2. The number of ether oxygens (including phenoxy) is 1. The van der Waals surface area contributed by atoms with Crippen molar-refractivity contribution in [1.29, 1.82) is 0 Å². The Labute approximate surface area is 192 Å². The number of alkyl halides is 3. The number of nitrogens with zero attached hydrogens (tertiary/aromatic N) is 4. The molecular formula is C22H22ClF3N4O3. The van der Waals surface area contributed by atoms with Crippen molar-refractivity contribution in [3.05, 3.63) is 46.6 Å². The van der Waals surface area contributed by atoms with Gasteiger partial charge in [-0.3, -0.25) is 14.0 Å². The van der Waals surface area contributed by atoms with Gasteiger partial charge in [0.2, 0.25) is 5.91 Å². The van der Waals surface area contributed by atoms with Gasteiger partial charge in [-0.1, -0.05) is 24.4 Å². The fourth-order valence-corrected chi connectivity index (χ4v) is 5.05. The van der Waals surface area contributed by atoms with E-state index in [1.54, 1.807) is 11.1 Å². The topological polar surface area (TPSA) is 67.2 Å². The van der Waals surface area contributed by atoms with Crippen LogP contribution in [-0.2, 0) is 15.7 Å². The third-order valence-corrected chi connectivity index (χ3v) is 6.83. The molecule has 2 aromatic heterocycles.